The summed E-state index contributed by atoms with van der Waals surface area (Å²) < 4.78 is 132. The van der Waals surface area contributed by atoms with E-state index in [4.69, 9.17) is 119 Å². The van der Waals surface area contributed by atoms with E-state index in [0.29, 0.717) is 330 Å². The second-order valence-electron chi connectivity index (χ2n) is 23.5. The summed E-state index contributed by atoms with van der Waals surface area (Å²) in [6.07, 6.45) is 1.38. The van der Waals surface area contributed by atoms with E-state index in [-0.39, 0.29) is 49.1 Å². The van der Waals surface area contributed by atoms with Crippen molar-refractivity contribution in [3.8, 4) is 0 Å². The van der Waals surface area contributed by atoms with Crippen LogP contribution < -0.4 is 21.7 Å². The van der Waals surface area contributed by atoms with Crippen molar-refractivity contribution in [1.29, 1.82) is 0 Å². The first kappa shape index (κ1) is 101. The van der Waals surface area contributed by atoms with Gasteiger partial charge in [-0.15, -0.1) is 0 Å². The van der Waals surface area contributed by atoms with Crippen LogP contribution in [0.25, 0.3) is 0 Å². The van der Waals surface area contributed by atoms with Crippen LogP contribution in [0.15, 0.2) is 0 Å². The number of methoxy groups -OCH3 is 1. The molecule has 0 aliphatic heterocycles. The maximum atomic E-state index is 13.1. The topological polar surface area (TPSA) is 389 Å². The van der Waals surface area contributed by atoms with Crippen LogP contribution in [0.1, 0.15) is 59.8 Å². The van der Waals surface area contributed by atoms with Gasteiger partial charge in [0, 0.05) is 48.5 Å². The molecular weight excluding hydrogens is 1390 g/mol. The largest absolute Gasteiger partial charge is 0.481 e. The lowest BCUT2D eigenvalue weighted by Gasteiger charge is -2.24. The number of amides is 3. The Morgan fingerprint density at radius 3 is 0.808 bits per heavy atom. The number of nitrogens with one attached hydrogen (secondary N) is 3. The minimum absolute atomic E-state index is 0.171. The number of ketones is 1. The number of unbranched alkanes of at least 4 members (excludes halogenated alkanes) is 1. The summed E-state index contributed by atoms with van der Waals surface area (Å²) in [6.45, 7) is 29.3. The number of carbonyl (C=O) groups is 5. The molecule has 0 saturated carbocycles. The van der Waals surface area contributed by atoms with Gasteiger partial charge in [0.05, 0.1) is 322 Å². The van der Waals surface area contributed by atoms with Gasteiger partial charge in [-0.05, 0) is 19.3 Å². The Hall–Kier alpha value is -3.23. The van der Waals surface area contributed by atoms with E-state index in [1.54, 1.807) is 21.0 Å². The number of ether oxygens (including phenoxy) is 24. The lowest BCUT2D eigenvalue weighted by molar-refractivity contribution is -0.139. The molecule has 0 bridgehead atoms. The summed E-state index contributed by atoms with van der Waals surface area (Å²) in [5.41, 5.74) is 5.23. The third-order valence-electron chi connectivity index (χ3n) is 14.0. The van der Waals surface area contributed by atoms with Crippen molar-refractivity contribution in [2.75, 3.05) is 331 Å². The van der Waals surface area contributed by atoms with E-state index in [2.05, 4.69) is 16.0 Å². The molecule has 35 heteroatoms. The molecule has 104 heavy (non-hydrogen) atoms. The first-order valence-electron chi connectivity index (χ1n) is 37.0. The van der Waals surface area contributed by atoms with Gasteiger partial charge in [-0.2, -0.15) is 0 Å². The Kier molecular flexibility index (Phi) is 79.7. The maximum Gasteiger partial charge on any atom is 0.303 e. The fourth-order valence-corrected chi connectivity index (χ4v) is 10.3. The first-order valence-corrected chi connectivity index (χ1v) is 38.7. The predicted octanol–water partition coefficient (Wildman–Crippen LogP) is 0.105. The van der Waals surface area contributed by atoms with E-state index >= 15 is 0 Å². The minimum atomic E-state index is -1.11. The number of carboxylic acids is 1. The molecule has 0 fully saturated rings. The highest BCUT2D eigenvalue weighted by molar-refractivity contribution is 6.45. The predicted molar refractivity (Wildman–Crippen MR) is 385 cm³/mol. The number of aliphatic carboxylic acids is 1. The molecule has 3 unspecified atom stereocenters. The van der Waals surface area contributed by atoms with Crippen molar-refractivity contribution >= 4 is 39.0 Å². The summed E-state index contributed by atoms with van der Waals surface area (Å²) in [5.74, 6) is -2.91. The Balaban J connectivity index is 3.35. The van der Waals surface area contributed by atoms with Crippen LogP contribution >= 0.6 is 0 Å². The number of hydrogen-bond donors (Lipinski definition) is 5. The number of rotatable bonds is 88. The Labute approximate surface area is 620 Å². The summed E-state index contributed by atoms with van der Waals surface area (Å²) in [5, 5.41) is 17.6. The van der Waals surface area contributed by atoms with Gasteiger partial charge in [-0.25, -0.2) is 0 Å². The normalized spacial score (nSPS) is 12.7. The second kappa shape index (κ2) is 82.3. The van der Waals surface area contributed by atoms with Gasteiger partial charge in [-0.3, -0.25) is 24.0 Å². The zero-order valence-corrected chi connectivity index (χ0v) is 65.1. The van der Waals surface area contributed by atoms with Gasteiger partial charge in [0.15, 0.2) is 5.78 Å². The minimum Gasteiger partial charge on any atom is -0.481 e. The lowest BCUT2D eigenvalue weighted by Crippen LogP contribution is -2.55. The zero-order chi connectivity index (χ0) is 75.8. The van der Waals surface area contributed by atoms with E-state index < -0.39 is 44.9 Å². The molecule has 3 amide bonds. The first-order chi connectivity index (χ1) is 50.9. The van der Waals surface area contributed by atoms with Crippen molar-refractivity contribution in [3.63, 3.8) is 0 Å². The number of carbonyl (C=O) groups excluding carboxylic acids is 4. The molecule has 616 valence electrons. The standard InChI is InChI=1S/C69H136N4O30Si/c1-60(2)67(76)62(73-68(77)63(59-70)72-66(75)58-64(69(78)79)104-61(3)4)8-6-7-10-71-65(74)9-11-81-14-15-83-18-19-85-22-23-87-26-27-89-30-31-91-34-35-93-38-39-95-42-43-97-46-47-99-50-51-101-54-55-103-57-56-102-53-52-100-49-48-98-45-44-96-41-40-94-37-36-92-33-32-90-29-28-88-25-24-86-21-20-84-17-16-82-13-12-80-5/h60-64H,6-59,70,104H2,1-5H3,(H,71,74)(H,72,75)(H,73,77)(H,78,79). The third kappa shape index (κ3) is 75.6. The quantitative estimate of drug-likeness (QED) is 0.0398. The molecule has 0 aromatic heterocycles. The fraction of sp³-hybridized carbons (Fsp3) is 0.928. The van der Waals surface area contributed by atoms with Crippen LogP contribution in [0.3, 0.4) is 0 Å². The van der Waals surface area contributed by atoms with Crippen LogP contribution in [0, 0.1) is 5.92 Å². The van der Waals surface area contributed by atoms with E-state index in [1.165, 1.54) is 0 Å². The number of Topliss-reactive ketones (excluding diaryl/α,β-unsaturated/α-hetero) is 1. The molecule has 6 N–H and O–H groups in total. The Morgan fingerprint density at radius 1 is 0.337 bits per heavy atom. The Morgan fingerprint density at radius 2 is 0.587 bits per heavy atom. The van der Waals surface area contributed by atoms with Gasteiger partial charge in [0.2, 0.25) is 17.7 Å². The van der Waals surface area contributed by atoms with E-state index in [1.807, 2.05) is 13.8 Å². The molecule has 0 spiro atoms. The smallest absolute Gasteiger partial charge is 0.303 e. The average molecular weight is 1530 g/mol. The van der Waals surface area contributed by atoms with Crippen LogP contribution in [0.2, 0.25) is 11.1 Å². The highest BCUT2D eigenvalue weighted by atomic mass is 28.2. The van der Waals surface area contributed by atoms with Crippen LogP contribution in [0.5, 0.6) is 0 Å². The van der Waals surface area contributed by atoms with Crippen molar-refractivity contribution in [3.05, 3.63) is 0 Å². The van der Waals surface area contributed by atoms with Gasteiger partial charge in [-0.1, -0.05) is 33.2 Å². The van der Waals surface area contributed by atoms with Gasteiger partial charge < -0.3 is 140 Å². The molecule has 34 nitrogen and oxygen atoms in total. The van der Waals surface area contributed by atoms with Crippen LogP contribution in [-0.2, 0) is 138 Å². The van der Waals surface area contributed by atoms with Crippen molar-refractivity contribution in [2.45, 2.75) is 83.0 Å². The molecule has 0 aromatic carbocycles. The zero-order valence-electron chi connectivity index (χ0n) is 63.6. The molecule has 0 aliphatic rings. The molecule has 0 aromatic rings. The summed E-state index contributed by atoms with van der Waals surface area (Å²) in [4.78, 5) is 62.6. The van der Waals surface area contributed by atoms with E-state index in [0.717, 1.165) is 0 Å². The Bertz CT molecular complexity index is 1870. The maximum absolute atomic E-state index is 13.1. The van der Waals surface area contributed by atoms with Crippen LogP contribution in [0.4, 0.5) is 0 Å². The monoisotopic (exact) mass is 1530 g/mol. The van der Waals surface area contributed by atoms with Gasteiger partial charge in [0.25, 0.3) is 0 Å². The molecule has 3 atom stereocenters. The van der Waals surface area contributed by atoms with Crippen LogP contribution in [-0.4, -0.2) is 387 Å². The summed E-state index contributed by atoms with van der Waals surface area (Å²) >= 11 is 0. The molecule has 0 radical (unpaired) electrons. The fourth-order valence-electron chi connectivity index (χ4n) is 8.55. The number of hydrogen-bond acceptors (Lipinski definition) is 30. The molecule has 0 saturated heterocycles. The molecule has 0 rings (SSSR count). The van der Waals surface area contributed by atoms with E-state index in [9.17, 15) is 29.1 Å². The van der Waals surface area contributed by atoms with Gasteiger partial charge >= 0.3 is 5.97 Å². The highest BCUT2D eigenvalue weighted by Crippen LogP contribution is 2.17. The lowest BCUT2D eigenvalue weighted by atomic mass is 9.96. The third-order valence-corrected chi connectivity index (χ3v) is 16.1. The summed E-state index contributed by atoms with van der Waals surface area (Å²) in [7, 11) is 0.572. The number of nitrogens with two attached hydrogens (primary N) is 1. The summed E-state index contributed by atoms with van der Waals surface area (Å²) in [6, 6.07) is -1.92. The van der Waals surface area contributed by atoms with Gasteiger partial charge in [0.1, 0.15) is 6.04 Å². The average Bonchev–Trinajstić information content (AvgIpc) is 0.960. The van der Waals surface area contributed by atoms with Crippen molar-refractivity contribution in [1.82, 2.24) is 16.0 Å². The SMILES string of the molecule is COCCOCCOCCOCCOCCOCCOCCOCCOCCOCCOCCOCCOCCOCCOCCOCCOCCOCCOCCOCCOCCOCCOCCOCCC(=O)NCCCCC(NC(=O)C(CN)NC(=O)CC([SiH2]C(C)C)C(=O)O)C(=O)C(C)C. The highest BCUT2D eigenvalue weighted by Gasteiger charge is 2.29. The number of carboxylic acid groups (broad SMARTS) is 1. The molecule has 0 heterocycles. The molecule has 0 aliphatic carbocycles. The molecular formula is C69H136N4O30Si. The second-order valence-corrected chi connectivity index (χ2v) is 26.6. The van der Waals surface area contributed by atoms with Crippen molar-refractivity contribution < 1.29 is 143 Å². The van der Waals surface area contributed by atoms with Crippen molar-refractivity contribution in [2.24, 2.45) is 11.7 Å².